The van der Waals surface area contributed by atoms with Gasteiger partial charge >= 0.3 is 0 Å². The van der Waals surface area contributed by atoms with E-state index in [-0.39, 0.29) is 17.9 Å². The number of para-hydroxylation sites is 1. The molecule has 2 aliphatic rings. The molecule has 7 nitrogen and oxygen atoms in total. The van der Waals surface area contributed by atoms with Crippen LogP contribution in [0.25, 0.3) is 16.7 Å². The number of halogens is 1. The number of amides is 1. The molecule has 3 aromatic rings. The highest BCUT2D eigenvalue weighted by Gasteiger charge is 2.28. The molecule has 2 aliphatic carbocycles. The van der Waals surface area contributed by atoms with E-state index in [0.717, 1.165) is 66.8 Å². The van der Waals surface area contributed by atoms with Gasteiger partial charge in [-0.2, -0.15) is 5.10 Å². The second-order valence-corrected chi connectivity index (χ2v) is 9.86. The summed E-state index contributed by atoms with van der Waals surface area (Å²) >= 11 is 6.44. The van der Waals surface area contributed by atoms with Crippen molar-refractivity contribution in [1.29, 1.82) is 0 Å². The van der Waals surface area contributed by atoms with E-state index < -0.39 is 0 Å². The number of anilines is 1. The second kappa shape index (κ2) is 9.29. The SMILES string of the molecule is Cc1nc(NC2CCC(NC(=O)C3CCCC3)CC2)c2c(C)nn(-c3ccccc3Cl)c2n1. The molecule has 0 aliphatic heterocycles. The van der Waals surface area contributed by atoms with Crippen molar-refractivity contribution in [3.05, 3.63) is 40.8 Å². The van der Waals surface area contributed by atoms with E-state index in [9.17, 15) is 4.79 Å². The number of carbonyl (C=O) groups excluding carboxylic acids is 1. The minimum Gasteiger partial charge on any atom is -0.367 e. The molecule has 8 heteroatoms. The zero-order valence-electron chi connectivity index (χ0n) is 19.3. The van der Waals surface area contributed by atoms with Crippen LogP contribution < -0.4 is 10.6 Å². The molecule has 33 heavy (non-hydrogen) atoms. The molecule has 2 saturated carbocycles. The Balaban J connectivity index is 1.32. The summed E-state index contributed by atoms with van der Waals surface area (Å²) < 4.78 is 1.81. The standard InChI is InChI=1S/C25H31ClN6O/c1-15-22-23(27-16(2)28-24(22)32(31-15)21-10-6-5-9-20(21)26)29-18-11-13-19(14-12-18)30-25(33)17-7-3-4-8-17/h5-6,9-10,17-19H,3-4,7-8,11-14H2,1-2H3,(H,30,33)(H,27,28,29). The van der Waals surface area contributed by atoms with Crippen molar-refractivity contribution in [2.45, 2.75) is 77.3 Å². The van der Waals surface area contributed by atoms with Crippen LogP contribution in [0.4, 0.5) is 5.82 Å². The van der Waals surface area contributed by atoms with Crippen LogP contribution in [0.5, 0.6) is 0 Å². The maximum atomic E-state index is 12.5. The van der Waals surface area contributed by atoms with Gasteiger partial charge in [0.1, 0.15) is 11.6 Å². The number of hydrogen-bond acceptors (Lipinski definition) is 5. The molecule has 0 bridgehead atoms. The Bertz CT molecular complexity index is 1160. The highest BCUT2D eigenvalue weighted by Crippen LogP contribution is 2.31. The lowest BCUT2D eigenvalue weighted by atomic mass is 9.90. The van der Waals surface area contributed by atoms with E-state index in [0.29, 0.717) is 16.9 Å². The summed E-state index contributed by atoms with van der Waals surface area (Å²) in [6.45, 7) is 3.88. The molecule has 1 amide bonds. The van der Waals surface area contributed by atoms with Gasteiger partial charge in [-0.3, -0.25) is 4.79 Å². The molecule has 2 aromatic heterocycles. The summed E-state index contributed by atoms with van der Waals surface area (Å²) in [5.41, 5.74) is 2.43. The van der Waals surface area contributed by atoms with Crippen LogP contribution in [0.3, 0.4) is 0 Å². The van der Waals surface area contributed by atoms with Gasteiger partial charge in [0.2, 0.25) is 5.91 Å². The van der Waals surface area contributed by atoms with Crippen LogP contribution in [0.2, 0.25) is 5.02 Å². The Morgan fingerprint density at radius 1 is 1.00 bits per heavy atom. The number of nitrogens with zero attached hydrogens (tertiary/aromatic N) is 4. The van der Waals surface area contributed by atoms with Gasteiger partial charge in [0.15, 0.2) is 5.65 Å². The molecule has 0 saturated heterocycles. The van der Waals surface area contributed by atoms with Crippen LogP contribution in [-0.4, -0.2) is 37.7 Å². The minimum absolute atomic E-state index is 0.232. The largest absolute Gasteiger partial charge is 0.367 e. The van der Waals surface area contributed by atoms with Gasteiger partial charge in [0.05, 0.1) is 21.8 Å². The first-order valence-corrected chi connectivity index (χ1v) is 12.4. The smallest absolute Gasteiger partial charge is 0.223 e. The average molecular weight is 467 g/mol. The highest BCUT2D eigenvalue weighted by molar-refractivity contribution is 6.32. The zero-order valence-corrected chi connectivity index (χ0v) is 20.0. The zero-order chi connectivity index (χ0) is 22.9. The molecule has 0 unspecified atom stereocenters. The number of hydrogen-bond donors (Lipinski definition) is 2. The number of aromatic nitrogens is 4. The predicted octanol–water partition coefficient (Wildman–Crippen LogP) is 5.12. The third-order valence-electron chi connectivity index (χ3n) is 7.04. The molecule has 0 spiro atoms. The van der Waals surface area contributed by atoms with Gasteiger partial charge in [-0.15, -0.1) is 0 Å². The molecule has 0 atom stereocenters. The molecule has 2 N–H and O–H groups in total. The van der Waals surface area contributed by atoms with E-state index in [4.69, 9.17) is 26.7 Å². The molecule has 0 radical (unpaired) electrons. The molecule has 5 rings (SSSR count). The normalized spacial score (nSPS) is 21.4. The Labute approximate surface area is 199 Å². The van der Waals surface area contributed by atoms with Crippen molar-refractivity contribution in [3.63, 3.8) is 0 Å². The summed E-state index contributed by atoms with van der Waals surface area (Å²) in [6, 6.07) is 8.25. The number of nitrogens with one attached hydrogen (secondary N) is 2. The Kier molecular flexibility index (Phi) is 6.23. The van der Waals surface area contributed by atoms with Crippen LogP contribution >= 0.6 is 11.6 Å². The molecule has 1 aromatic carbocycles. The van der Waals surface area contributed by atoms with E-state index in [1.165, 1.54) is 12.8 Å². The van der Waals surface area contributed by atoms with Gasteiger partial charge in [-0.25, -0.2) is 14.6 Å². The summed E-state index contributed by atoms with van der Waals surface area (Å²) in [5.74, 6) is 2.01. The van der Waals surface area contributed by atoms with E-state index in [1.54, 1.807) is 0 Å². The molecule has 2 heterocycles. The van der Waals surface area contributed by atoms with Crippen molar-refractivity contribution in [2.24, 2.45) is 5.92 Å². The van der Waals surface area contributed by atoms with Crippen molar-refractivity contribution < 1.29 is 4.79 Å². The van der Waals surface area contributed by atoms with Gasteiger partial charge in [0.25, 0.3) is 0 Å². The fourth-order valence-electron chi connectivity index (χ4n) is 5.27. The lowest BCUT2D eigenvalue weighted by molar-refractivity contribution is -0.125. The summed E-state index contributed by atoms with van der Waals surface area (Å²) in [4.78, 5) is 21.9. The lowest BCUT2D eigenvalue weighted by Gasteiger charge is -2.30. The number of fused-ring (bicyclic) bond motifs is 1. The highest BCUT2D eigenvalue weighted by atomic mass is 35.5. The van der Waals surface area contributed by atoms with Gasteiger partial charge in [-0.1, -0.05) is 36.6 Å². The predicted molar refractivity (Wildman–Crippen MR) is 131 cm³/mol. The lowest BCUT2D eigenvalue weighted by Crippen LogP contribution is -2.42. The third kappa shape index (κ3) is 4.56. The quantitative estimate of drug-likeness (QED) is 0.545. The van der Waals surface area contributed by atoms with Crippen LogP contribution in [0, 0.1) is 19.8 Å². The van der Waals surface area contributed by atoms with E-state index in [1.807, 2.05) is 42.8 Å². The van der Waals surface area contributed by atoms with Gasteiger partial charge in [0, 0.05) is 18.0 Å². The number of aryl methyl sites for hydroxylation is 2. The molecular formula is C25H31ClN6O. The number of carbonyl (C=O) groups is 1. The molecule has 2 fully saturated rings. The van der Waals surface area contributed by atoms with E-state index in [2.05, 4.69) is 10.6 Å². The Morgan fingerprint density at radius 3 is 2.42 bits per heavy atom. The number of rotatable bonds is 5. The van der Waals surface area contributed by atoms with Crippen molar-refractivity contribution in [1.82, 2.24) is 25.1 Å². The number of benzene rings is 1. The summed E-state index contributed by atoms with van der Waals surface area (Å²) in [5, 5.41) is 13.3. The van der Waals surface area contributed by atoms with Crippen molar-refractivity contribution in [2.75, 3.05) is 5.32 Å². The summed E-state index contributed by atoms with van der Waals surface area (Å²) in [7, 11) is 0. The molecule has 174 valence electrons. The summed E-state index contributed by atoms with van der Waals surface area (Å²) in [6.07, 6.45) is 8.44. The second-order valence-electron chi connectivity index (χ2n) is 9.45. The first-order chi connectivity index (χ1) is 16.0. The van der Waals surface area contributed by atoms with Crippen LogP contribution in [0.15, 0.2) is 24.3 Å². The van der Waals surface area contributed by atoms with E-state index >= 15 is 0 Å². The van der Waals surface area contributed by atoms with Crippen molar-refractivity contribution >= 4 is 34.4 Å². The van der Waals surface area contributed by atoms with Crippen LogP contribution in [-0.2, 0) is 4.79 Å². The maximum Gasteiger partial charge on any atom is 0.223 e. The maximum absolute atomic E-state index is 12.5. The first kappa shape index (κ1) is 22.1. The fraction of sp³-hybridized carbons (Fsp3) is 0.520. The topological polar surface area (TPSA) is 84.7 Å². The Hall–Kier alpha value is -2.67. The van der Waals surface area contributed by atoms with Gasteiger partial charge in [-0.05, 0) is 64.5 Å². The third-order valence-corrected chi connectivity index (χ3v) is 7.35. The monoisotopic (exact) mass is 466 g/mol. The average Bonchev–Trinajstić information content (AvgIpc) is 3.44. The van der Waals surface area contributed by atoms with Crippen molar-refractivity contribution in [3.8, 4) is 5.69 Å². The molecular weight excluding hydrogens is 436 g/mol. The fourth-order valence-corrected chi connectivity index (χ4v) is 5.49. The Morgan fingerprint density at radius 2 is 1.70 bits per heavy atom. The minimum atomic E-state index is 0.232. The van der Waals surface area contributed by atoms with Gasteiger partial charge < -0.3 is 10.6 Å². The van der Waals surface area contributed by atoms with Crippen LogP contribution in [0.1, 0.15) is 62.9 Å². The first-order valence-electron chi connectivity index (χ1n) is 12.1.